The Morgan fingerprint density at radius 2 is 1.25 bits per heavy atom. The summed E-state index contributed by atoms with van der Waals surface area (Å²) in [5.41, 5.74) is 0. The fourth-order valence-electron chi connectivity index (χ4n) is 0. The SMILES string of the molecule is [B]P.[Ni].[W]. The zero-order chi connectivity index (χ0) is 2.00. The second kappa shape index (κ2) is 22.5. The molecule has 0 aromatic rings. The van der Waals surface area contributed by atoms with E-state index in [4.69, 9.17) is 0 Å². The van der Waals surface area contributed by atoms with E-state index in [1.165, 1.54) is 0 Å². The zero-order valence-electron chi connectivity index (χ0n) is 1.88. The van der Waals surface area contributed by atoms with Gasteiger partial charge >= 0.3 is 0 Å². The maximum absolute atomic E-state index is 4.42. The van der Waals surface area contributed by atoms with E-state index in [0.29, 0.717) is 0 Å². The first-order valence-corrected chi connectivity index (χ1v) is 1.00. The zero-order valence-corrected chi connectivity index (χ0v) is 6.95. The first-order chi connectivity index (χ1) is 1.00. The molecule has 0 aliphatic heterocycles. The van der Waals surface area contributed by atoms with Crippen LogP contribution in [0.4, 0.5) is 0 Å². The summed E-state index contributed by atoms with van der Waals surface area (Å²) >= 11 is 0. The third kappa shape index (κ3) is 9.37. The molecule has 0 aromatic carbocycles. The van der Waals surface area contributed by atoms with Gasteiger partial charge in [-0.1, -0.05) is 0 Å². The van der Waals surface area contributed by atoms with E-state index in [1.807, 2.05) is 9.12 Å². The van der Waals surface area contributed by atoms with Crippen LogP contribution < -0.4 is 0 Å². The van der Waals surface area contributed by atoms with Gasteiger partial charge in [-0.05, 0) is 0 Å². The van der Waals surface area contributed by atoms with Crippen molar-refractivity contribution in [3.05, 3.63) is 0 Å². The van der Waals surface area contributed by atoms with Crippen molar-refractivity contribution < 1.29 is 37.6 Å². The summed E-state index contributed by atoms with van der Waals surface area (Å²) in [6, 6.07) is 0. The maximum Gasteiger partial charge on any atom is 0.0996 e. The predicted octanol–water partition coefficient (Wildman–Crippen LogP) is -0.0600. The first kappa shape index (κ1) is 17.3. The molecule has 0 nitrogen and oxygen atoms in total. The Bertz CT molecular complexity index is 8.00. The van der Waals surface area contributed by atoms with Gasteiger partial charge in [-0.15, -0.1) is 0 Å². The van der Waals surface area contributed by atoms with E-state index in [1.54, 1.807) is 0 Å². The summed E-state index contributed by atoms with van der Waals surface area (Å²) in [5.74, 6) is 0. The van der Waals surface area contributed by atoms with Crippen LogP contribution in [0, 0.1) is 0 Å². The molecule has 4 heteroatoms. The van der Waals surface area contributed by atoms with E-state index in [2.05, 4.69) is 7.57 Å². The first-order valence-electron chi connectivity index (χ1n) is 0.333. The van der Waals surface area contributed by atoms with Gasteiger partial charge in [0.15, 0.2) is 0 Å². The molecule has 0 rings (SSSR count). The van der Waals surface area contributed by atoms with Gasteiger partial charge in [-0.3, -0.25) is 0 Å². The van der Waals surface area contributed by atoms with Crippen molar-refractivity contribution in [2.24, 2.45) is 0 Å². The molecule has 2 radical (unpaired) electrons. The van der Waals surface area contributed by atoms with Crippen LogP contribution in [-0.4, -0.2) is 7.57 Å². The van der Waals surface area contributed by atoms with E-state index >= 15 is 0 Å². The van der Waals surface area contributed by atoms with Crippen molar-refractivity contribution in [3.8, 4) is 0 Å². The third-order valence-corrected chi connectivity index (χ3v) is 0. The Kier molecular flexibility index (Phi) is 97.4. The van der Waals surface area contributed by atoms with Gasteiger partial charge in [-0.25, -0.2) is 0 Å². The quantitative estimate of drug-likeness (QED) is 0.432. The molecule has 0 fully saturated rings. The summed E-state index contributed by atoms with van der Waals surface area (Å²) in [6.45, 7) is 0. The van der Waals surface area contributed by atoms with Crippen molar-refractivity contribution in [3.63, 3.8) is 0 Å². The molecule has 4 heavy (non-hydrogen) atoms. The van der Waals surface area contributed by atoms with Crippen LogP contribution in [0.3, 0.4) is 0 Å². The van der Waals surface area contributed by atoms with Crippen molar-refractivity contribution in [1.82, 2.24) is 0 Å². The van der Waals surface area contributed by atoms with Crippen LogP contribution in [0.1, 0.15) is 0 Å². The summed E-state index contributed by atoms with van der Waals surface area (Å²) in [7, 11) is 6.33. The van der Waals surface area contributed by atoms with E-state index in [-0.39, 0.29) is 37.6 Å². The van der Waals surface area contributed by atoms with Crippen LogP contribution in [0.5, 0.6) is 0 Å². The second-order valence-electron chi connectivity index (χ2n) is 0. The molecule has 0 N–H and O–H groups in total. The standard InChI is InChI=1S/BH2P.Ni.W/c1-2;;/h2H2;;. The topological polar surface area (TPSA) is 0 Å². The molecule has 26 valence electrons. The molecule has 1 unspecified atom stereocenters. The fraction of sp³-hybridized carbons (Fsp3) is 0. The molecule has 0 aromatic heterocycles. The average molecular weight is 286 g/mol. The van der Waals surface area contributed by atoms with Gasteiger partial charge in [0.05, 0.1) is 7.57 Å². The smallest absolute Gasteiger partial charge is 0.0996 e. The molecular weight excluding hydrogens is 284 g/mol. The Morgan fingerprint density at radius 3 is 1.25 bits per heavy atom. The normalized spacial score (nSPS) is 1.25. The van der Waals surface area contributed by atoms with Gasteiger partial charge in [0.25, 0.3) is 0 Å². The Balaban J connectivity index is -0.00000000500. The summed E-state index contributed by atoms with van der Waals surface area (Å²) < 4.78 is 0. The molecule has 0 saturated carbocycles. The van der Waals surface area contributed by atoms with E-state index in [9.17, 15) is 0 Å². The molecule has 1 atom stereocenters. The van der Waals surface area contributed by atoms with Gasteiger partial charge in [0, 0.05) is 37.6 Å². The second-order valence-corrected chi connectivity index (χ2v) is 0. The van der Waals surface area contributed by atoms with Crippen LogP contribution in [0.25, 0.3) is 0 Å². The minimum Gasteiger partial charge on any atom is -0.187 e. The maximum atomic E-state index is 4.42. The van der Waals surface area contributed by atoms with Gasteiger partial charge in [-0.2, -0.15) is 9.12 Å². The minimum atomic E-state index is 0. The third-order valence-electron chi connectivity index (χ3n) is 0. The monoisotopic (exact) mass is 286 g/mol. The minimum absolute atomic E-state index is 0. The van der Waals surface area contributed by atoms with E-state index in [0.717, 1.165) is 0 Å². The summed E-state index contributed by atoms with van der Waals surface area (Å²) in [6.07, 6.45) is 0. The molecule has 0 spiro atoms. The van der Waals surface area contributed by atoms with Crippen molar-refractivity contribution in [1.29, 1.82) is 0 Å². The Hall–Kier alpha value is 1.68. The van der Waals surface area contributed by atoms with Crippen LogP contribution in [0.2, 0.25) is 0 Å². The molecule has 0 aliphatic rings. The molecule has 0 aliphatic carbocycles. The van der Waals surface area contributed by atoms with Gasteiger partial charge in [0.2, 0.25) is 0 Å². The molecule has 0 amide bonds. The van der Waals surface area contributed by atoms with Gasteiger partial charge < -0.3 is 0 Å². The number of rotatable bonds is 0. The van der Waals surface area contributed by atoms with Crippen LogP contribution >= 0.6 is 9.12 Å². The molecule has 0 heterocycles. The van der Waals surface area contributed by atoms with Crippen LogP contribution in [-0.2, 0) is 37.6 Å². The molecule has 0 bridgehead atoms. The molecule has 0 saturated heterocycles. The van der Waals surface area contributed by atoms with E-state index < -0.39 is 0 Å². The Labute approximate surface area is 54.2 Å². The number of hydrogen-bond acceptors (Lipinski definition) is 0. The van der Waals surface area contributed by atoms with Gasteiger partial charge in [0.1, 0.15) is 0 Å². The van der Waals surface area contributed by atoms with Crippen molar-refractivity contribution >= 4 is 16.7 Å². The summed E-state index contributed by atoms with van der Waals surface area (Å²) in [5, 5.41) is 0. The largest absolute Gasteiger partial charge is 0.187 e. The van der Waals surface area contributed by atoms with Crippen molar-refractivity contribution in [2.45, 2.75) is 0 Å². The average Bonchev–Trinajstić information content (AvgIpc) is 1.00. The van der Waals surface area contributed by atoms with Crippen molar-refractivity contribution in [2.75, 3.05) is 0 Å². The fourth-order valence-corrected chi connectivity index (χ4v) is 0. The predicted molar refractivity (Wildman–Crippen MR) is 15.5 cm³/mol. The Morgan fingerprint density at radius 1 is 1.25 bits per heavy atom. The molecular formula is H2BNiPW. The summed E-state index contributed by atoms with van der Waals surface area (Å²) in [4.78, 5) is 0. The van der Waals surface area contributed by atoms with Crippen LogP contribution in [0.15, 0.2) is 0 Å². The number of hydrogen-bond donors (Lipinski definition) is 0.